The van der Waals surface area contributed by atoms with E-state index in [4.69, 9.17) is 10.3 Å². The molecule has 3 aromatic rings. The Morgan fingerprint density at radius 2 is 1.79 bits per heavy atom. The second-order valence-corrected chi connectivity index (χ2v) is 8.40. The maximum atomic E-state index is 14.5. The Labute approximate surface area is 170 Å². The fraction of sp³-hybridized carbons (Fsp3) is 0.238. The average molecular weight is 417 g/mol. The largest absolute Gasteiger partial charge is 0.378 e. The molecule has 2 atom stereocenters. The minimum atomic E-state index is -0.985. The van der Waals surface area contributed by atoms with Crippen molar-refractivity contribution in [2.45, 2.75) is 31.1 Å². The van der Waals surface area contributed by atoms with Gasteiger partial charge in [-0.2, -0.15) is 0 Å². The van der Waals surface area contributed by atoms with Crippen molar-refractivity contribution in [3.8, 4) is 11.3 Å². The van der Waals surface area contributed by atoms with E-state index in [9.17, 15) is 13.2 Å². The van der Waals surface area contributed by atoms with Crippen molar-refractivity contribution in [2.75, 3.05) is 0 Å². The number of nitrogens with two attached hydrogens (primary N) is 1. The highest BCUT2D eigenvalue weighted by atomic mass is 32.2. The van der Waals surface area contributed by atoms with Gasteiger partial charge in [0.1, 0.15) is 17.5 Å². The summed E-state index contributed by atoms with van der Waals surface area (Å²) < 4.78 is 46.8. The van der Waals surface area contributed by atoms with Crippen molar-refractivity contribution in [3.05, 3.63) is 76.7 Å². The van der Waals surface area contributed by atoms with Gasteiger partial charge in [0.15, 0.2) is 10.9 Å². The van der Waals surface area contributed by atoms with Crippen LogP contribution in [-0.4, -0.2) is 10.3 Å². The highest BCUT2D eigenvalue weighted by Gasteiger charge is 2.39. The van der Waals surface area contributed by atoms with Crippen LogP contribution in [0.2, 0.25) is 0 Å². The molecule has 0 fully saturated rings. The van der Waals surface area contributed by atoms with Gasteiger partial charge >= 0.3 is 0 Å². The molecule has 4 nitrogen and oxygen atoms in total. The van der Waals surface area contributed by atoms with Gasteiger partial charge in [0.2, 0.25) is 0 Å². The lowest BCUT2D eigenvalue weighted by atomic mass is 9.85. The van der Waals surface area contributed by atoms with E-state index in [0.717, 1.165) is 11.6 Å². The third-order valence-electron chi connectivity index (χ3n) is 5.05. The molecule has 2 aromatic carbocycles. The van der Waals surface area contributed by atoms with Crippen molar-refractivity contribution < 1.29 is 17.7 Å². The normalized spacial score (nSPS) is 21.8. The molecule has 150 valence electrons. The number of aliphatic imine (C=N–C) groups is 1. The van der Waals surface area contributed by atoms with Crippen LogP contribution in [0.25, 0.3) is 11.3 Å². The Kier molecular flexibility index (Phi) is 4.90. The summed E-state index contributed by atoms with van der Waals surface area (Å²) in [5, 5.41) is 4.14. The Balaban J connectivity index is 1.77. The van der Waals surface area contributed by atoms with Gasteiger partial charge in [0.05, 0.1) is 11.2 Å². The lowest BCUT2D eigenvalue weighted by Gasteiger charge is -2.35. The number of benzene rings is 2. The van der Waals surface area contributed by atoms with E-state index < -0.39 is 17.2 Å². The van der Waals surface area contributed by atoms with Crippen LogP contribution in [0, 0.1) is 24.4 Å². The summed E-state index contributed by atoms with van der Waals surface area (Å²) in [4.78, 5) is 4.47. The number of hydrogen-bond donors (Lipinski definition) is 1. The van der Waals surface area contributed by atoms with E-state index >= 15 is 0 Å². The van der Waals surface area contributed by atoms with Crippen molar-refractivity contribution in [1.29, 1.82) is 0 Å². The molecule has 1 aromatic heterocycles. The summed E-state index contributed by atoms with van der Waals surface area (Å²) in [6, 6.07) is 9.37. The Bertz CT molecular complexity index is 1100. The summed E-state index contributed by atoms with van der Waals surface area (Å²) >= 11 is 1.33. The molecule has 29 heavy (non-hydrogen) atoms. The predicted octanol–water partition coefficient (Wildman–Crippen LogP) is 5.48. The molecule has 1 aliphatic rings. The van der Waals surface area contributed by atoms with Crippen molar-refractivity contribution in [3.63, 3.8) is 0 Å². The molecular weight excluding hydrogens is 399 g/mol. The van der Waals surface area contributed by atoms with Crippen molar-refractivity contribution >= 4 is 16.9 Å². The maximum absolute atomic E-state index is 14.5. The van der Waals surface area contributed by atoms with Gasteiger partial charge in [-0.25, -0.2) is 13.2 Å². The zero-order valence-corrected chi connectivity index (χ0v) is 16.6. The first-order valence-electron chi connectivity index (χ1n) is 8.96. The van der Waals surface area contributed by atoms with Gasteiger partial charge < -0.3 is 10.3 Å². The molecule has 0 aliphatic carbocycles. The molecule has 0 saturated carbocycles. The van der Waals surface area contributed by atoms with Gasteiger partial charge in [-0.1, -0.05) is 23.0 Å². The Morgan fingerprint density at radius 3 is 2.48 bits per heavy atom. The standard InChI is InChI=1S/C21H18F3N3OS/c1-11-18(19(28-27-11)12-3-5-13(22)6-4-12)17-10-21(2,26-20(25)29-17)15-8-7-14(23)9-16(15)24/h3-9,17H,10H2,1-2H3,(H2,25,26)/t17-,21-/m0/s1. The topological polar surface area (TPSA) is 64.4 Å². The third-order valence-corrected chi connectivity index (χ3v) is 6.07. The van der Waals surface area contributed by atoms with Crippen LogP contribution in [0.5, 0.6) is 0 Å². The zero-order valence-electron chi connectivity index (χ0n) is 15.7. The predicted molar refractivity (Wildman–Crippen MR) is 107 cm³/mol. The summed E-state index contributed by atoms with van der Waals surface area (Å²) in [6.45, 7) is 3.58. The van der Waals surface area contributed by atoms with E-state index in [0.29, 0.717) is 23.4 Å². The lowest BCUT2D eigenvalue weighted by Crippen LogP contribution is -2.31. The quantitative estimate of drug-likeness (QED) is 0.613. The lowest BCUT2D eigenvalue weighted by molar-refractivity contribution is 0.417. The van der Waals surface area contributed by atoms with Gasteiger partial charge in [-0.15, -0.1) is 0 Å². The average Bonchev–Trinajstić information content (AvgIpc) is 3.03. The first-order valence-corrected chi connectivity index (χ1v) is 9.84. The van der Waals surface area contributed by atoms with E-state index in [1.54, 1.807) is 19.1 Å². The molecule has 1 aliphatic heterocycles. The molecule has 0 spiro atoms. The summed E-state index contributed by atoms with van der Waals surface area (Å²) in [6.07, 6.45) is 0.400. The molecule has 2 N–H and O–H groups in total. The van der Waals surface area contributed by atoms with E-state index in [-0.39, 0.29) is 21.8 Å². The maximum Gasteiger partial charge on any atom is 0.171 e. The molecule has 4 rings (SSSR count). The minimum Gasteiger partial charge on any atom is -0.378 e. The number of rotatable bonds is 3. The third kappa shape index (κ3) is 3.64. The number of nitrogens with zero attached hydrogens (tertiary/aromatic N) is 2. The van der Waals surface area contributed by atoms with E-state index in [1.165, 1.54) is 36.0 Å². The molecule has 2 heterocycles. The fourth-order valence-corrected chi connectivity index (χ4v) is 5.04. The molecular formula is C21H18F3N3OS. The summed E-state index contributed by atoms with van der Waals surface area (Å²) in [7, 11) is 0. The molecule has 0 unspecified atom stereocenters. The SMILES string of the molecule is Cc1noc(-c2ccc(F)cc2)c1[C@@H]1C[C@@](C)(c2ccc(F)cc2F)N=C(N)S1. The van der Waals surface area contributed by atoms with Gasteiger partial charge in [0.25, 0.3) is 0 Å². The van der Waals surface area contributed by atoms with Gasteiger partial charge in [-0.3, -0.25) is 4.99 Å². The molecule has 8 heteroatoms. The van der Waals surface area contributed by atoms with E-state index in [1.807, 2.05) is 6.92 Å². The van der Waals surface area contributed by atoms with E-state index in [2.05, 4.69) is 10.1 Å². The Morgan fingerprint density at radius 1 is 1.10 bits per heavy atom. The van der Waals surface area contributed by atoms with Crippen molar-refractivity contribution in [1.82, 2.24) is 5.16 Å². The fourth-order valence-electron chi connectivity index (χ4n) is 3.69. The van der Waals surface area contributed by atoms with Crippen LogP contribution in [0.3, 0.4) is 0 Å². The van der Waals surface area contributed by atoms with Crippen LogP contribution in [0.4, 0.5) is 13.2 Å². The number of aryl methyl sites for hydroxylation is 1. The van der Waals surface area contributed by atoms with Gasteiger partial charge in [-0.05, 0) is 50.6 Å². The molecule has 0 radical (unpaired) electrons. The molecule has 0 bridgehead atoms. The number of halogens is 3. The first-order chi connectivity index (χ1) is 13.8. The minimum absolute atomic E-state index is 0.228. The highest BCUT2D eigenvalue weighted by molar-refractivity contribution is 8.14. The van der Waals surface area contributed by atoms with Crippen LogP contribution in [-0.2, 0) is 5.54 Å². The van der Waals surface area contributed by atoms with Gasteiger partial charge in [0, 0.05) is 28.0 Å². The number of aromatic nitrogens is 1. The second kappa shape index (κ2) is 7.26. The van der Waals surface area contributed by atoms with Crippen molar-refractivity contribution in [2.24, 2.45) is 10.7 Å². The summed E-state index contributed by atoms with van der Waals surface area (Å²) in [5.74, 6) is -1.16. The smallest absolute Gasteiger partial charge is 0.171 e. The molecule has 0 amide bonds. The number of thioether (sulfide) groups is 1. The van der Waals surface area contributed by atoms with Crippen LogP contribution in [0.15, 0.2) is 52.0 Å². The first kappa shape index (κ1) is 19.6. The van der Waals surface area contributed by atoms with Crippen LogP contribution in [0.1, 0.15) is 35.4 Å². The van der Waals surface area contributed by atoms with Crippen LogP contribution < -0.4 is 5.73 Å². The Hall–Kier alpha value is -2.74. The molecule has 0 saturated heterocycles. The second-order valence-electron chi connectivity index (χ2n) is 7.18. The number of amidine groups is 1. The van der Waals surface area contributed by atoms with Crippen LogP contribution >= 0.6 is 11.8 Å². The zero-order chi connectivity index (χ0) is 20.8. The summed E-state index contributed by atoms with van der Waals surface area (Å²) in [5.41, 5.74) is 7.53. The number of hydrogen-bond acceptors (Lipinski definition) is 5. The highest BCUT2D eigenvalue weighted by Crippen LogP contribution is 2.49. The monoisotopic (exact) mass is 417 g/mol.